The van der Waals surface area contributed by atoms with Crippen molar-refractivity contribution in [3.05, 3.63) is 103 Å². The molecule has 0 amide bonds. The Kier molecular flexibility index (Phi) is 5.35. The molecule has 0 spiro atoms. The van der Waals surface area contributed by atoms with E-state index in [1.54, 1.807) is 0 Å². The third-order valence-electron chi connectivity index (χ3n) is 7.52. The second-order valence-corrected chi connectivity index (χ2v) is 10.1. The zero-order chi connectivity index (χ0) is 24.0. The highest BCUT2D eigenvalue weighted by Crippen LogP contribution is 2.48. The van der Waals surface area contributed by atoms with Crippen LogP contribution in [0.2, 0.25) is 0 Å². The minimum absolute atomic E-state index is 0.118. The van der Waals surface area contributed by atoms with E-state index in [4.69, 9.17) is 4.65 Å². The van der Waals surface area contributed by atoms with Crippen LogP contribution in [0.25, 0.3) is 55.3 Å². The second-order valence-electron chi connectivity index (χ2n) is 10.1. The Labute approximate surface area is 208 Å². The molecule has 0 aromatic heterocycles. The lowest BCUT2D eigenvalue weighted by Crippen LogP contribution is -2.31. The average molecular weight is 452 g/mol. The van der Waals surface area contributed by atoms with Gasteiger partial charge in [0.05, 0.1) is 0 Å². The third kappa shape index (κ3) is 3.79. The first-order valence-corrected chi connectivity index (χ1v) is 12.5. The fourth-order valence-electron chi connectivity index (χ4n) is 5.19. The van der Waals surface area contributed by atoms with Crippen molar-refractivity contribution in [3.63, 3.8) is 0 Å². The molecule has 0 saturated heterocycles. The summed E-state index contributed by atoms with van der Waals surface area (Å²) in [6.07, 6.45) is 0.993. The van der Waals surface area contributed by atoms with Crippen molar-refractivity contribution in [3.8, 4) is 44.5 Å². The molecule has 1 aliphatic rings. The minimum atomic E-state index is -0.118. The van der Waals surface area contributed by atoms with Gasteiger partial charge in [0.15, 0.2) is 0 Å². The summed E-state index contributed by atoms with van der Waals surface area (Å²) in [5.74, 6) is 0. The number of rotatable bonds is 6. The monoisotopic (exact) mass is 452 g/mol. The predicted octanol–water partition coefficient (Wildman–Crippen LogP) is 8.00. The lowest BCUT2D eigenvalue weighted by Gasteiger charge is -2.24. The van der Waals surface area contributed by atoms with E-state index in [1.807, 2.05) is 0 Å². The Hall–Kier alpha value is -3.62. The van der Waals surface area contributed by atoms with Gasteiger partial charge in [-0.2, -0.15) is 0 Å². The topological polar surface area (TPSA) is 9.23 Å². The lowest BCUT2D eigenvalue weighted by atomic mass is 9.81. The van der Waals surface area contributed by atoms with Gasteiger partial charge in [0.2, 0.25) is 0 Å². The number of hydrogen-bond donors (Lipinski definition) is 0. The molecule has 1 nitrogen and oxygen atoms in total. The van der Waals surface area contributed by atoms with E-state index in [9.17, 15) is 0 Å². The van der Waals surface area contributed by atoms with Crippen LogP contribution in [0.3, 0.4) is 0 Å². The first-order chi connectivity index (χ1) is 17.1. The molecule has 2 heteroatoms. The Morgan fingerprint density at radius 2 is 1.26 bits per heavy atom. The summed E-state index contributed by atoms with van der Waals surface area (Å²) >= 11 is 0. The van der Waals surface area contributed by atoms with Crippen LogP contribution in [-0.2, 0) is 4.65 Å². The van der Waals surface area contributed by atoms with Crippen molar-refractivity contribution >= 4 is 23.7 Å². The Balaban J connectivity index is 1.46. The maximum Gasteiger partial charge on any atom is 0.309 e. The molecule has 5 aromatic carbocycles. The van der Waals surface area contributed by atoms with Gasteiger partial charge in [-0.05, 0) is 87.1 Å². The zero-order valence-electron chi connectivity index (χ0n) is 20.6. The van der Waals surface area contributed by atoms with Crippen LogP contribution in [0, 0.1) is 0 Å². The van der Waals surface area contributed by atoms with Gasteiger partial charge in [-0.1, -0.05) is 104 Å². The average Bonchev–Trinajstić information content (AvgIpc) is 3.23. The largest absolute Gasteiger partial charge is 0.430 e. The van der Waals surface area contributed by atoms with Gasteiger partial charge in [0, 0.05) is 5.60 Å². The molecular weight excluding hydrogens is 423 g/mol. The molecule has 0 atom stereocenters. The Bertz CT molecular complexity index is 1550. The first kappa shape index (κ1) is 21.9. The van der Waals surface area contributed by atoms with Gasteiger partial charge in [0.1, 0.15) is 0 Å². The van der Waals surface area contributed by atoms with Crippen LogP contribution < -0.4 is 5.46 Å². The van der Waals surface area contributed by atoms with Gasteiger partial charge in [-0.3, -0.25) is 0 Å². The van der Waals surface area contributed by atoms with Crippen molar-refractivity contribution in [2.24, 2.45) is 0 Å². The molecule has 5 aromatic rings. The molecule has 170 valence electrons. The number of hydrogen-bond acceptors (Lipinski definition) is 1. The standard InChI is InChI=1S/C33H29BO/c1-4-33(2,3)35-34-31-20-19-28-26-18-17-23(21-30(26)27-15-10-16-29(31)32(27)28)25-14-9-8-13-24(25)22-11-6-5-7-12-22/h5-21,34H,4H2,1-3H3. The number of benzene rings is 5. The first-order valence-electron chi connectivity index (χ1n) is 12.5. The van der Waals surface area contributed by atoms with Crippen molar-refractivity contribution in [1.82, 2.24) is 0 Å². The Morgan fingerprint density at radius 1 is 0.600 bits per heavy atom. The van der Waals surface area contributed by atoms with Crippen LogP contribution >= 0.6 is 0 Å². The van der Waals surface area contributed by atoms with Crippen LogP contribution in [0.4, 0.5) is 0 Å². The summed E-state index contributed by atoms with van der Waals surface area (Å²) < 4.78 is 6.28. The highest BCUT2D eigenvalue weighted by molar-refractivity contribution is 6.52. The van der Waals surface area contributed by atoms with E-state index in [1.165, 1.54) is 60.7 Å². The summed E-state index contributed by atoms with van der Waals surface area (Å²) in [4.78, 5) is 0. The number of fused-ring (bicyclic) bond motifs is 3. The molecule has 0 heterocycles. The highest BCUT2D eigenvalue weighted by Gasteiger charge is 2.24. The van der Waals surface area contributed by atoms with Gasteiger partial charge in [-0.25, -0.2) is 0 Å². The molecular formula is C33H29BO. The van der Waals surface area contributed by atoms with Gasteiger partial charge in [0.25, 0.3) is 0 Å². The zero-order valence-corrected chi connectivity index (χ0v) is 20.6. The van der Waals surface area contributed by atoms with E-state index >= 15 is 0 Å². The molecule has 0 saturated carbocycles. The third-order valence-corrected chi connectivity index (χ3v) is 7.52. The van der Waals surface area contributed by atoms with Gasteiger partial charge < -0.3 is 4.65 Å². The highest BCUT2D eigenvalue weighted by atomic mass is 16.5. The van der Waals surface area contributed by atoms with Gasteiger partial charge in [-0.15, -0.1) is 0 Å². The molecule has 6 rings (SSSR count). The predicted molar refractivity (Wildman–Crippen MR) is 151 cm³/mol. The summed E-state index contributed by atoms with van der Waals surface area (Å²) in [6, 6.07) is 37.6. The van der Waals surface area contributed by atoms with E-state index in [0.29, 0.717) is 7.48 Å². The molecule has 35 heavy (non-hydrogen) atoms. The fraction of sp³-hybridized carbons (Fsp3) is 0.152. The van der Waals surface area contributed by atoms with Crippen molar-refractivity contribution in [2.45, 2.75) is 32.8 Å². The van der Waals surface area contributed by atoms with Crippen LogP contribution in [0.1, 0.15) is 27.2 Å². The van der Waals surface area contributed by atoms with Crippen molar-refractivity contribution < 1.29 is 4.65 Å². The SMILES string of the molecule is CCC(C)(C)OBc1ccc2c3c(cccc13)-c1cc(-c3ccccc3-c3ccccc3)ccc1-2. The summed E-state index contributed by atoms with van der Waals surface area (Å²) in [5.41, 5.74) is 11.4. The normalized spacial score (nSPS) is 12.1. The molecule has 0 aliphatic heterocycles. The summed E-state index contributed by atoms with van der Waals surface area (Å²) in [7, 11) is 0.632. The molecule has 0 radical (unpaired) electrons. The quantitative estimate of drug-likeness (QED) is 0.233. The maximum atomic E-state index is 6.28. The van der Waals surface area contributed by atoms with E-state index in [2.05, 4.69) is 124 Å². The lowest BCUT2D eigenvalue weighted by molar-refractivity contribution is 0.114. The fourth-order valence-corrected chi connectivity index (χ4v) is 5.19. The molecule has 0 N–H and O–H groups in total. The molecule has 1 aliphatic carbocycles. The molecule has 0 bridgehead atoms. The van der Waals surface area contributed by atoms with Crippen LogP contribution in [0.15, 0.2) is 103 Å². The van der Waals surface area contributed by atoms with E-state index < -0.39 is 0 Å². The molecule has 0 unspecified atom stereocenters. The van der Waals surface area contributed by atoms with Crippen LogP contribution in [-0.4, -0.2) is 13.1 Å². The van der Waals surface area contributed by atoms with E-state index in [-0.39, 0.29) is 5.60 Å². The Morgan fingerprint density at radius 3 is 2.03 bits per heavy atom. The molecule has 0 fully saturated rings. The minimum Gasteiger partial charge on any atom is -0.430 e. The van der Waals surface area contributed by atoms with Gasteiger partial charge >= 0.3 is 7.48 Å². The summed E-state index contributed by atoms with van der Waals surface area (Å²) in [6.45, 7) is 6.51. The van der Waals surface area contributed by atoms with Crippen molar-refractivity contribution in [2.75, 3.05) is 0 Å². The second kappa shape index (κ2) is 8.55. The maximum absolute atomic E-state index is 6.28. The van der Waals surface area contributed by atoms with Crippen LogP contribution in [0.5, 0.6) is 0 Å². The van der Waals surface area contributed by atoms with Crippen molar-refractivity contribution in [1.29, 1.82) is 0 Å². The van der Waals surface area contributed by atoms with E-state index in [0.717, 1.165) is 6.42 Å². The summed E-state index contributed by atoms with van der Waals surface area (Å²) in [5, 5.41) is 2.65. The smallest absolute Gasteiger partial charge is 0.309 e.